The Balaban J connectivity index is 0.00000220. The number of nitrogens with one attached hydrogen (secondary N) is 1. The van der Waals surface area contributed by atoms with Crippen LogP contribution in [0.5, 0.6) is 0 Å². The fraction of sp³-hybridized carbons (Fsp3) is 0.615. The molecule has 1 aliphatic carbocycles. The van der Waals surface area contributed by atoms with E-state index in [0.29, 0.717) is 12.2 Å². The minimum Gasteiger partial charge on any atom is -0.468 e. The van der Waals surface area contributed by atoms with Crippen molar-refractivity contribution in [2.45, 2.75) is 38.3 Å². The number of carbonyl (C=O) groups excluding carboxylic acids is 2. The number of nitrogens with zero attached hydrogens (tertiary/aromatic N) is 2. The number of nitrogens with two attached hydrogens (primary N) is 1. The predicted molar refractivity (Wildman–Crippen MR) is 80.1 cm³/mol. The number of anilines is 1. The molecule has 0 radical (unpaired) electrons. The molecular weight excluding hydrogens is 296 g/mol. The maximum Gasteiger partial charge on any atom is 0.327 e. The van der Waals surface area contributed by atoms with Gasteiger partial charge in [-0.15, -0.1) is 12.4 Å². The lowest BCUT2D eigenvalue weighted by atomic mass is 10.00. The van der Waals surface area contributed by atoms with E-state index in [1.54, 1.807) is 12.3 Å². The molecule has 0 spiro atoms. The Bertz CT molecular complexity index is 492. The van der Waals surface area contributed by atoms with Crippen LogP contribution in [-0.4, -0.2) is 34.8 Å². The SMILES string of the molecule is COC(=O)Cn1ccc(NC(=O)C[C@@H]2CCC[C@H]2N)n1.Cl. The smallest absolute Gasteiger partial charge is 0.327 e. The minimum atomic E-state index is -0.386. The fourth-order valence-electron chi connectivity index (χ4n) is 2.46. The average Bonchev–Trinajstić information content (AvgIpc) is 3.00. The number of halogens is 1. The van der Waals surface area contributed by atoms with E-state index in [-0.39, 0.29) is 42.8 Å². The maximum atomic E-state index is 11.9. The van der Waals surface area contributed by atoms with Crippen molar-refractivity contribution in [2.24, 2.45) is 11.7 Å². The zero-order valence-corrected chi connectivity index (χ0v) is 12.8. The topological polar surface area (TPSA) is 99.2 Å². The van der Waals surface area contributed by atoms with Gasteiger partial charge in [-0.05, 0) is 18.8 Å². The van der Waals surface area contributed by atoms with Crippen LogP contribution in [0, 0.1) is 5.92 Å². The minimum absolute atomic E-state index is 0. The fourth-order valence-corrected chi connectivity index (χ4v) is 2.46. The number of esters is 1. The third kappa shape index (κ3) is 5.02. The van der Waals surface area contributed by atoms with Crippen molar-refractivity contribution in [2.75, 3.05) is 12.4 Å². The van der Waals surface area contributed by atoms with Crippen LogP contribution in [0.15, 0.2) is 12.3 Å². The van der Waals surface area contributed by atoms with Crippen molar-refractivity contribution >= 4 is 30.1 Å². The lowest BCUT2D eigenvalue weighted by Gasteiger charge is -2.13. The molecule has 0 aromatic carbocycles. The monoisotopic (exact) mass is 316 g/mol. The van der Waals surface area contributed by atoms with Crippen LogP contribution in [0.2, 0.25) is 0 Å². The van der Waals surface area contributed by atoms with Gasteiger partial charge in [-0.3, -0.25) is 14.3 Å². The van der Waals surface area contributed by atoms with Gasteiger partial charge < -0.3 is 15.8 Å². The number of hydrogen-bond donors (Lipinski definition) is 2. The van der Waals surface area contributed by atoms with E-state index in [0.717, 1.165) is 19.3 Å². The molecule has 1 heterocycles. The van der Waals surface area contributed by atoms with E-state index in [4.69, 9.17) is 5.73 Å². The summed E-state index contributed by atoms with van der Waals surface area (Å²) < 4.78 is 5.96. The molecule has 0 saturated heterocycles. The molecule has 1 saturated carbocycles. The summed E-state index contributed by atoms with van der Waals surface area (Å²) in [7, 11) is 1.32. The molecule has 1 amide bonds. The second-order valence-electron chi connectivity index (χ2n) is 5.08. The van der Waals surface area contributed by atoms with Crippen LogP contribution < -0.4 is 11.1 Å². The summed E-state index contributed by atoms with van der Waals surface area (Å²) in [4.78, 5) is 23.0. The van der Waals surface area contributed by atoms with Crippen molar-refractivity contribution < 1.29 is 14.3 Å². The highest BCUT2D eigenvalue weighted by molar-refractivity contribution is 5.89. The van der Waals surface area contributed by atoms with Crippen molar-refractivity contribution in [1.29, 1.82) is 0 Å². The van der Waals surface area contributed by atoms with Gasteiger partial charge in [0.25, 0.3) is 0 Å². The van der Waals surface area contributed by atoms with Gasteiger partial charge in [-0.1, -0.05) is 6.42 Å². The van der Waals surface area contributed by atoms with E-state index < -0.39 is 0 Å². The quantitative estimate of drug-likeness (QED) is 0.787. The van der Waals surface area contributed by atoms with Crippen LogP contribution in [0.3, 0.4) is 0 Å². The number of aromatic nitrogens is 2. The predicted octanol–water partition coefficient (Wildman–Crippen LogP) is 0.934. The van der Waals surface area contributed by atoms with E-state index >= 15 is 0 Å². The summed E-state index contributed by atoms with van der Waals surface area (Å²) in [5, 5.41) is 6.81. The normalized spacial score (nSPS) is 20.7. The summed E-state index contributed by atoms with van der Waals surface area (Å²) >= 11 is 0. The first-order chi connectivity index (χ1) is 9.58. The first kappa shape index (κ1) is 17.5. The summed E-state index contributed by atoms with van der Waals surface area (Å²) in [5.41, 5.74) is 5.94. The molecule has 2 atom stereocenters. The molecule has 7 nitrogen and oxygen atoms in total. The second kappa shape index (κ2) is 7.99. The third-order valence-corrected chi connectivity index (χ3v) is 3.59. The lowest BCUT2D eigenvalue weighted by molar-refractivity contribution is -0.141. The highest BCUT2D eigenvalue weighted by Gasteiger charge is 2.26. The van der Waals surface area contributed by atoms with Crippen LogP contribution in [-0.2, 0) is 20.9 Å². The third-order valence-electron chi connectivity index (χ3n) is 3.59. The van der Waals surface area contributed by atoms with Crippen LogP contribution in [0.1, 0.15) is 25.7 Å². The van der Waals surface area contributed by atoms with Crippen LogP contribution in [0.4, 0.5) is 5.82 Å². The van der Waals surface area contributed by atoms with E-state index in [2.05, 4.69) is 15.2 Å². The van der Waals surface area contributed by atoms with Gasteiger partial charge in [-0.25, -0.2) is 0 Å². The van der Waals surface area contributed by atoms with Gasteiger partial charge in [0.2, 0.25) is 5.91 Å². The molecule has 3 N–H and O–H groups in total. The highest BCUT2D eigenvalue weighted by atomic mass is 35.5. The Kier molecular flexibility index (Phi) is 6.64. The molecule has 1 aromatic rings. The summed E-state index contributed by atoms with van der Waals surface area (Å²) in [5.74, 6) is 0.219. The van der Waals surface area contributed by atoms with E-state index in [1.807, 2.05) is 0 Å². The standard InChI is InChI=1S/C13H20N4O3.ClH/c1-20-13(19)8-17-6-5-11(16-17)15-12(18)7-9-3-2-4-10(9)14;/h5-6,9-10H,2-4,7-8,14H2,1H3,(H,15,16,18);1H/t9-,10+;/m0./s1. The van der Waals surface area contributed by atoms with Gasteiger partial charge in [0, 0.05) is 24.7 Å². The second-order valence-corrected chi connectivity index (χ2v) is 5.08. The molecule has 2 rings (SSSR count). The number of hydrogen-bond acceptors (Lipinski definition) is 5. The highest BCUT2D eigenvalue weighted by Crippen LogP contribution is 2.26. The average molecular weight is 317 g/mol. The molecular formula is C13H21ClN4O3. The molecule has 8 heteroatoms. The number of amides is 1. The largest absolute Gasteiger partial charge is 0.468 e. The first-order valence-corrected chi connectivity index (χ1v) is 6.74. The molecule has 1 aromatic heterocycles. The van der Waals surface area contributed by atoms with Gasteiger partial charge in [-0.2, -0.15) is 5.10 Å². The van der Waals surface area contributed by atoms with Gasteiger partial charge >= 0.3 is 5.97 Å². The molecule has 118 valence electrons. The van der Waals surface area contributed by atoms with Gasteiger partial charge in [0.1, 0.15) is 6.54 Å². The first-order valence-electron chi connectivity index (χ1n) is 6.74. The zero-order valence-electron chi connectivity index (χ0n) is 11.9. The number of rotatable bonds is 5. The number of methoxy groups -OCH3 is 1. The summed E-state index contributed by atoms with van der Waals surface area (Å²) in [6, 6.07) is 1.77. The summed E-state index contributed by atoms with van der Waals surface area (Å²) in [6.07, 6.45) is 5.13. The molecule has 21 heavy (non-hydrogen) atoms. The Morgan fingerprint density at radius 2 is 2.29 bits per heavy atom. The molecule has 0 bridgehead atoms. The van der Waals surface area contributed by atoms with Crippen molar-refractivity contribution in [3.05, 3.63) is 12.3 Å². The van der Waals surface area contributed by atoms with Gasteiger partial charge in [0.05, 0.1) is 7.11 Å². The molecule has 1 fully saturated rings. The van der Waals surface area contributed by atoms with E-state index in [9.17, 15) is 9.59 Å². The van der Waals surface area contributed by atoms with Crippen molar-refractivity contribution in [1.82, 2.24) is 9.78 Å². The van der Waals surface area contributed by atoms with Crippen LogP contribution in [0.25, 0.3) is 0 Å². The van der Waals surface area contributed by atoms with Crippen LogP contribution >= 0.6 is 12.4 Å². The van der Waals surface area contributed by atoms with E-state index in [1.165, 1.54) is 11.8 Å². The Hall–Kier alpha value is -1.60. The Morgan fingerprint density at radius 1 is 1.52 bits per heavy atom. The maximum absolute atomic E-state index is 11.9. The number of carbonyl (C=O) groups is 2. The van der Waals surface area contributed by atoms with Gasteiger partial charge in [0.15, 0.2) is 5.82 Å². The van der Waals surface area contributed by atoms with Crippen molar-refractivity contribution in [3.8, 4) is 0 Å². The lowest BCUT2D eigenvalue weighted by Crippen LogP contribution is -2.28. The van der Waals surface area contributed by atoms with Crippen molar-refractivity contribution in [3.63, 3.8) is 0 Å². The summed E-state index contributed by atoms with van der Waals surface area (Å²) in [6.45, 7) is 0.0276. The zero-order chi connectivity index (χ0) is 14.5. The molecule has 0 unspecified atom stereocenters. The Morgan fingerprint density at radius 3 is 2.90 bits per heavy atom. The molecule has 0 aliphatic heterocycles. The Labute approximate surface area is 129 Å². The number of ether oxygens (including phenoxy) is 1. The molecule has 1 aliphatic rings.